The lowest BCUT2D eigenvalue weighted by atomic mass is 10.1. The van der Waals surface area contributed by atoms with Crippen molar-refractivity contribution in [3.05, 3.63) is 150 Å². The van der Waals surface area contributed by atoms with Crippen LogP contribution in [0.25, 0.3) is 0 Å². The predicted octanol–water partition coefficient (Wildman–Crippen LogP) is 21.0. The molecule has 5 aromatic carbocycles. The average molecular weight is 1080 g/mol. The minimum Gasteiger partial charge on any atom is -0.375 e. The zero-order valence-electron chi connectivity index (χ0n) is 54.9. The van der Waals surface area contributed by atoms with E-state index in [0.717, 1.165) is 62.3 Å². The molecule has 5 nitrogen and oxygen atoms in total. The van der Waals surface area contributed by atoms with Crippen molar-refractivity contribution in [2.24, 2.45) is 29.6 Å². The van der Waals surface area contributed by atoms with Crippen LogP contribution in [0.2, 0.25) is 0 Å². The van der Waals surface area contributed by atoms with Gasteiger partial charge in [0.2, 0.25) is 0 Å². The molecular formula is C74H123N5. The standard InChI is InChI=1S/4C15H25N.C14H23N/c4*1-13(2)7-5-6-12-16(4)15-10-8-14(3)9-11-15;1-13(2)9-7-8-12-15(3)14-10-5-4-6-11-14/h4*8-11,13H,5-7,12H2,1-4H3;4-6,10-11,13H,7-9,12H2,1-3H3. The van der Waals surface area contributed by atoms with Crippen LogP contribution in [0.15, 0.2) is 127 Å². The molecule has 0 unspecified atom stereocenters. The van der Waals surface area contributed by atoms with Gasteiger partial charge in [0.15, 0.2) is 0 Å². The first-order valence-corrected chi connectivity index (χ1v) is 31.4. The van der Waals surface area contributed by atoms with E-state index in [0.29, 0.717) is 0 Å². The highest BCUT2D eigenvalue weighted by atomic mass is 15.1. The van der Waals surface area contributed by atoms with Crippen molar-refractivity contribution in [1.29, 1.82) is 0 Å². The molecule has 0 spiro atoms. The van der Waals surface area contributed by atoms with Gasteiger partial charge < -0.3 is 24.5 Å². The maximum Gasteiger partial charge on any atom is 0.0363 e. The largest absolute Gasteiger partial charge is 0.375 e. The molecule has 5 aromatic rings. The number of rotatable bonds is 30. The molecule has 0 radical (unpaired) electrons. The van der Waals surface area contributed by atoms with Crippen molar-refractivity contribution < 1.29 is 0 Å². The lowest BCUT2D eigenvalue weighted by Crippen LogP contribution is -2.18. The molecule has 0 bridgehead atoms. The first-order valence-electron chi connectivity index (χ1n) is 31.4. The Balaban J connectivity index is 0.000000494. The van der Waals surface area contributed by atoms with Crippen LogP contribution in [-0.4, -0.2) is 68.0 Å². The van der Waals surface area contributed by atoms with Gasteiger partial charge >= 0.3 is 0 Å². The molecule has 0 aromatic heterocycles. The Kier molecular flexibility index (Phi) is 40.0. The van der Waals surface area contributed by atoms with Crippen LogP contribution in [-0.2, 0) is 0 Å². The number of nitrogens with zero attached hydrogens (tertiary/aromatic N) is 5. The first kappa shape index (κ1) is 72.1. The number of benzene rings is 5. The van der Waals surface area contributed by atoms with Crippen molar-refractivity contribution in [3.8, 4) is 0 Å². The molecule has 0 heterocycles. The Morgan fingerprint density at radius 2 is 0.392 bits per heavy atom. The molecule has 0 aliphatic heterocycles. The molecule has 0 saturated heterocycles. The minimum atomic E-state index is 0.838. The van der Waals surface area contributed by atoms with E-state index in [2.05, 4.69) is 284 Å². The van der Waals surface area contributed by atoms with Crippen LogP contribution in [0, 0.1) is 57.3 Å². The lowest BCUT2D eigenvalue weighted by Gasteiger charge is -2.19. The Hall–Kier alpha value is -4.90. The van der Waals surface area contributed by atoms with E-state index in [1.54, 1.807) is 0 Å². The van der Waals surface area contributed by atoms with Gasteiger partial charge in [-0.05, 0) is 150 Å². The third-order valence-electron chi connectivity index (χ3n) is 14.7. The SMILES string of the molecule is CC(C)CCCCN(C)c1ccccc1.Cc1ccc(N(C)CCCCC(C)C)cc1.Cc1ccc(N(C)CCCCC(C)C)cc1.Cc1ccc(N(C)CCCCC(C)C)cc1.Cc1ccc(N(C)CCCCC(C)C)cc1. The maximum atomic E-state index is 2.35. The van der Waals surface area contributed by atoms with Crippen LogP contribution in [0.4, 0.5) is 28.4 Å². The van der Waals surface area contributed by atoms with Gasteiger partial charge in [-0.15, -0.1) is 0 Å². The molecule has 5 rings (SSSR count). The third-order valence-corrected chi connectivity index (χ3v) is 14.7. The second-order valence-corrected chi connectivity index (χ2v) is 25.2. The van der Waals surface area contributed by atoms with Crippen molar-refractivity contribution in [2.45, 2.75) is 193 Å². The fraction of sp³-hybridized carbons (Fsp3) is 0.595. The fourth-order valence-electron chi connectivity index (χ4n) is 9.03. The minimum absolute atomic E-state index is 0.838. The zero-order valence-corrected chi connectivity index (χ0v) is 54.9. The molecule has 0 aliphatic rings. The Labute approximate surface area is 491 Å². The summed E-state index contributed by atoms with van der Waals surface area (Å²) in [5.74, 6) is 4.19. The van der Waals surface area contributed by atoms with Gasteiger partial charge in [-0.1, -0.05) is 222 Å². The van der Waals surface area contributed by atoms with Crippen LogP contribution in [0.5, 0.6) is 0 Å². The number of anilines is 5. The van der Waals surface area contributed by atoms with Crippen molar-refractivity contribution in [1.82, 2.24) is 0 Å². The van der Waals surface area contributed by atoms with Gasteiger partial charge in [0.05, 0.1) is 0 Å². The van der Waals surface area contributed by atoms with E-state index in [9.17, 15) is 0 Å². The van der Waals surface area contributed by atoms with Crippen molar-refractivity contribution in [2.75, 3.05) is 92.5 Å². The van der Waals surface area contributed by atoms with Crippen LogP contribution >= 0.6 is 0 Å². The quantitative estimate of drug-likeness (QED) is 0.0425. The molecule has 0 atom stereocenters. The van der Waals surface area contributed by atoms with E-state index in [-0.39, 0.29) is 0 Å². The second kappa shape index (κ2) is 43.8. The number of hydrogen-bond donors (Lipinski definition) is 0. The molecule has 5 heteroatoms. The second-order valence-electron chi connectivity index (χ2n) is 25.2. The van der Waals surface area contributed by atoms with Gasteiger partial charge in [-0.2, -0.15) is 0 Å². The summed E-state index contributed by atoms with van der Waals surface area (Å²) >= 11 is 0. The fourth-order valence-corrected chi connectivity index (χ4v) is 9.03. The van der Waals surface area contributed by atoms with Gasteiger partial charge in [-0.3, -0.25) is 0 Å². The summed E-state index contributed by atoms with van der Waals surface area (Å²) < 4.78 is 0. The van der Waals surface area contributed by atoms with Crippen LogP contribution in [0.1, 0.15) is 188 Å². The van der Waals surface area contributed by atoms with Crippen LogP contribution < -0.4 is 24.5 Å². The zero-order chi connectivity index (χ0) is 59.0. The number of aryl methyl sites for hydroxylation is 4. The highest BCUT2D eigenvalue weighted by Crippen LogP contribution is 2.20. The van der Waals surface area contributed by atoms with Gasteiger partial charge in [0.1, 0.15) is 0 Å². The van der Waals surface area contributed by atoms with Gasteiger partial charge in [-0.25, -0.2) is 0 Å². The monoisotopic (exact) mass is 1080 g/mol. The molecular weight excluding hydrogens is 959 g/mol. The molecule has 0 saturated carbocycles. The maximum absolute atomic E-state index is 2.35. The molecule has 0 fully saturated rings. The summed E-state index contributed by atoms with van der Waals surface area (Å²) in [6.45, 7) is 37.3. The van der Waals surface area contributed by atoms with E-state index in [1.807, 2.05) is 0 Å². The molecule has 0 N–H and O–H groups in total. The summed E-state index contributed by atoms with van der Waals surface area (Å²) in [6.07, 6.45) is 19.9. The third kappa shape index (κ3) is 38.4. The van der Waals surface area contributed by atoms with E-state index in [1.165, 1.54) is 147 Å². The van der Waals surface area contributed by atoms with E-state index in [4.69, 9.17) is 0 Å². The Bertz CT molecular complexity index is 1870. The predicted molar refractivity (Wildman–Crippen MR) is 361 cm³/mol. The Morgan fingerprint density at radius 3 is 0.557 bits per heavy atom. The summed E-state index contributed by atoms with van der Waals surface area (Å²) in [5.41, 5.74) is 12.0. The van der Waals surface area contributed by atoms with Gasteiger partial charge in [0.25, 0.3) is 0 Å². The summed E-state index contributed by atoms with van der Waals surface area (Å²) in [7, 11) is 10.9. The van der Waals surface area contributed by atoms with E-state index >= 15 is 0 Å². The highest BCUT2D eigenvalue weighted by molar-refractivity contribution is 5.49. The van der Waals surface area contributed by atoms with Crippen molar-refractivity contribution in [3.63, 3.8) is 0 Å². The summed E-state index contributed by atoms with van der Waals surface area (Å²) in [4.78, 5) is 11.7. The number of para-hydroxylation sites is 1. The summed E-state index contributed by atoms with van der Waals surface area (Å²) in [5, 5.41) is 0. The normalized spacial score (nSPS) is 10.8. The van der Waals surface area contributed by atoms with Crippen molar-refractivity contribution >= 4 is 28.4 Å². The number of hydrogen-bond acceptors (Lipinski definition) is 5. The smallest absolute Gasteiger partial charge is 0.0363 e. The molecule has 444 valence electrons. The summed E-state index contributed by atoms with van der Waals surface area (Å²) in [6, 6.07) is 45.7. The highest BCUT2D eigenvalue weighted by Gasteiger charge is 2.05. The average Bonchev–Trinajstić information content (AvgIpc) is 3.41. The van der Waals surface area contributed by atoms with Crippen LogP contribution in [0.3, 0.4) is 0 Å². The number of unbranched alkanes of at least 4 members (excludes halogenated alkanes) is 5. The van der Waals surface area contributed by atoms with E-state index < -0.39 is 0 Å². The first-order chi connectivity index (χ1) is 37.6. The Morgan fingerprint density at radius 1 is 0.228 bits per heavy atom. The lowest BCUT2D eigenvalue weighted by molar-refractivity contribution is 0.538. The van der Waals surface area contributed by atoms with Gasteiger partial charge in [0, 0.05) is 96.4 Å². The molecule has 0 amide bonds. The molecule has 79 heavy (non-hydrogen) atoms. The topological polar surface area (TPSA) is 16.2 Å². The molecule has 0 aliphatic carbocycles.